The molecule has 3 N–H and O–H groups in total. The van der Waals surface area contributed by atoms with E-state index in [9.17, 15) is 14.4 Å². The van der Waals surface area contributed by atoms with Gasteiger partial charge in [-0.2, -0.15) is 4.98 Å². The number of carboxylic acid groups (broad SMARTS) is 1. The minimum Gasteiger partial charge on any atom is -0.479 e. The molecule has 0 atom stereocenters. The number of carboxylic acids is 1. The van der Waals surface area contributed by atoms with Gasteiger partial charge in [0.2, 0.25) is 5.88 Å². The Bertz CT molecular complexity index is 1720. The number of nitrogens with zero attached hydrogens (tertiary/aromatic N) is 5. The highest BCUT2D eigenvalue weighted by Gasteiger charge is 2.32. The number of hydrogen-bond acceptors (Lipinski definition) is 8. The molecule has 0 radical (unpaired) electrons. The van der Waals surface area contributed by atoms with Gasteiger partial charge >= 0.3 is 5.97 Å². The predicted octanol–water partition coefficient (Wildman–Crippen LogP) is 4.34. The van der Waals surface area contributed by atoms with Crippen LogP contribution in [0, 0.1) is 0 Å². The van der Waals surface area contributed by atoms with Crippen molar-refractivity contribution in [2.24, 2.45) is 7.05 Å². The van der Waals surface area contributed by atoms with Gasteiger partial charge < -0.3 is 25.0 Å². The van der Waals surface area contributed by atoms with E-state index < -0.39 is 23.3 Å². The van der Waals surface area contributed by atoms with E-state index in [-0.39, 0.29) is 17.4 Å². The second-order valence-corrected chi connectivity index (χ2v) is 11.0. The number of benzene rings is 1. The van der Waals surface area contributed by atoms with Crippen molar-refractivity contribution in [3.05, 3.63) is 66.0 Å². The Kier molecular flexibility index (Phi) is 8.20. The van der Waals surface area contributed by atoms with E-state index >= 15 is 0 Å². The number of aromatic nitrogens is 5. The minimum absolute atomic E-state index is 0.0337. The molecule has 1 fully saturated rings. The van der Waals surface area contributed by atoms with E-state index in [1.807, 2.05) is 31.6 Å². The van der Waals surface area contributed by atoms with E-state index in [1.165, 1.54) is 44.1 Å². The summed E-state index contributed by atoms with van der Waals surface area (Å²) < 4.78 is 7.27. The average molecular weight is 584 g/mol. The zero-order valence-electron chi connectivity index (χ0n) is 24.4. The highest BCUT2D eigenvalue weighted by atomic mass is 16.5. The summed E-state index contributed by atoms with van der Waals surface area (Å²) in [5.41, 5.74) is 3.44. The maximum absolute atomic E-state index is 13.4. The molecule has 0 bridgehead atoms. The summed E-state index contributed by atoms with van der Waals surface area (Å²) in [5, 5.41) is 15.4. The van der Waals surface area contributed by atoms with Gasteiger partial charge in [-0.25, -0.2) is 19.7 Å². The monoisotopic (exact) mass is 583 g/mol. The minimum atomic E-state index is -1.32. The van der Waals surface area contributed by atoms with Crippen molar-refractivity contribution in [3.63, 3.8) is 0 Å². The van der Waals surface area contributed by atoms with Crippen molar-refractivity contribution in [2.75, 3.05) is 12.4 Å². The van der Waals surface area contributed by atoms with Gasteiger partial charge in [0, 0.05) is 47.5 Å². The lowest BCUT2D eigenvalue weighted by Gasteiger charge is -2.25. The highest BCUT2D eigenvalue weighted by molar-refractivity contribution is 6.05. The second-order valence-electron chi connectivity index (χ2n) is 11.0. The van der Waals surface area contributed by atoms with Crippen LogP contribution in [0.5, 0.6) is 5.88 Å². The Labute approximate surface area is 248 Å². The van der Waals surface area contributed by atoms with Gasteiger partial charge in [-0.1, -0.05) is 18.9 Å². The molecule has 0 saturated heterocycles. The molecule has 0 aliphatic heterocycles. The van der Waals surface area contributed by atoms with Crippen LogP contribution >= 0.6 is 0 Å². The highest BCUT2D eigenvalue weighted by Crippen LogP contribution is 2.44. The summed E-state index contributed by atoms with van der Waals surface area (Å²) in [4.78, 5) is 54.2. The average Bonchev–Trinajstić information content (AvgIpc) is 3.62. The molecule has 3 heterocycles. The van der Waals surface area contributed by atoms with Crippen LogP contribution in [-0.2, 0) is 16.6 Å². The molecule has 222 valence electrons. The fraction of sp³-hybridized carbons (Fsp3) is 0.323. The normalized spacial score (nSPS) is 13.9. The molecule has 1 saturated carbocycles. The number of fused-ring (bicyclic) bond motifs is 1. The number of aryl methyl sites for hydroxylation is 1. The zero-order chi connectivity index (χ0) is 30.7. The third kappa shape index (κ3) is 6.08. The first-order valence-corrected chi connectivity index (χ1v) is 13.9. The van der Waals surface area contributed by atoms with Crippen LogP contribution in [0.25, 0.3) is 28.2 Å². The van der Waals surface area contributed by atoms with E-state index in [4.69, 9.17) is 9.84 Å². The first-order chi connectivity index (χ1) is 20.6. The molecule has 12 nitrogen and oxygen atoms in total. The number of aliphatic carboxylic acids is 1. The molecular formula is C31H33N7O5. The first-order valence-electron chi connectivity index (χ1n) is 13.9. The Morgan fingerprint density at radius 3 is 2.51 bits per heavy atom. The summed E-state index contributed by atoms with van der Waals surface area (Å²) in [6.45, 7) is 3.17. The van der Waals surface area contributed by atoms with Gasteiger partial charge in [-0.05, 0) is 56.4 Å². The number of ether oxygens (including phenoxy) is 1. The lowest BCUT2D eigenvalue weighted by molar-refractivity contribution is -0.131. The van der Waals surface area contributed by atoms with E-state index in [1.54, 1.807) is 19.9 Å². The number of carbonyl (C=O) groups is 3. The van der Waals surface area contributed by atoms with E-state index in [0.29, 0.717) is 11.5 Å². The molecule has 4 aromatic rings. The summed E-state index contributed by atoms with van der Waals surface area (Å²) in [6.07, 6.45) is 13.2. The smallest absolute Gasteiger partial charge is 0.328 e. The van der Waals surface area contributed by atoms with Crippen molar-refractivity contribution in [1.82, 2.24) is 29.8 Å². The van der Waals surface area contributed by atoms with Gasteiger partial charge in [-0.15, -0.1) is 0 Å². The largest absolute Gasteiger partial charge is 0.479 e. The van der Waals surface area contributed by atoms with Crippen LogP contribution in [0.1, 0.15) is 67.1 Å². The Hall–Kier alpha value is -5.13. The standard InChI is InChI=1S/C31H33N7O5/c1-31(2,30(42)36-24-16-34-22(11-12-25(39)40)29(35-24)43-4)37-28(41)19-9-10-21-23(13-19)38(3)27(20-14-32-17-33-15-20)26(21)18-7-5-6-8-18/h9-18H,5-8H2,1-4H3,(H,37,41)(H,39,40)(H,35,36,42)/b12-11+. The predicted molar refractivity (Wildman–Crippen MR) is 161 cm³/mol. The van der Waals surface area contributed by atoms with Crippen molar-refractivity contribution in [3.8, 4) is 17.1 Å². The van der Waals surface area contributed by atoms with Gasteiger partial charge in [0.15, 0.2) is 5.82 Å². The summed E-state index contributed by atoms with van der Waals surface area (Å²) in [6, 6.07) is 5.62. The molecule has 0 spiro atoms. The Morgan fingerprint density at radius 2 is 1.84 bits per heavy atom. The van der Waals surface area contributed by atoms with E-state index in [2.05, 4.69) is 35.1 Å². The summed E-state index contributed by atoms with van der Waals surface area (Å²) in [7, 11) is 3.34. The molecule has 1 aliphatic rings. The van der Waals surface area contributed by atoms with Crippen LogP contribution in [0.3, 0.4) is 0 Å². The zero-order valence-corrected chi connectivity index (χ0v) is 24.4. The number of amides is 2. The Morgan fingerprint density at radius 1 is 1.12 bits per heavy atom. The number of rotatable bonds is 9. The third-order valence-corrected chi connectivity index (χ3v) is 7.68. The summed E-state index contributed by atoms with van der Waals surface area (Å²) >= 11 is 0. The molecule has 1 aliphatic carbocycles. The molecular weight excluding hydrogens is 550 g/mol. The molecule has 2 amide bonds. The van der Waals surface area contributed by atoms with Gasteiger partial charge in [0.05, 0.1) is 19.0 Å². The van der Waals surface area contributed by atoms with Crippen molar-refractivity contribution in [1.29, 1.82) is 0 Å². The maximum atomic E-state index is 13.4. The lowest BCUT2D eigenvalue weighted by Crippen LogP contribution is -2.52. The third-order valence-electron chi connectivity index (χ3n) is 7.68. The maximum Gasteiger partial charge on any atom is 0.328 e. The molecule has 5 rings (SSSR count). The number of hydrogen-bond donors (Lipinski definition) is 3. The lowest BCUT2D eigenvalue weighted by atomic mass is 9.92. The summed E-state index contributed by atoms with van der Waals surface area (Å²) in [5.74, 6) is -1.55. The van der Waals surface area contributed by atoms with Crippen LogP contribution < -0.4 is 15.4 Å². The second kappa shape index (κ2) is 12.0. The molecule has 1 aromatic carbocycles. The first kappa shape index (κ1) is 29.4. The number of methoxy groups -OCH3 is 1. The quantitative estimate of drug-likeness (QED) is 0.243. The van der Waals surface area contributed by atoms with Gasteiger partial charge in [0.1, 0.15) is 17.6 Å². The Balaban J connectivity index is 1.39. The van der Waals surface area contributed by atoms with Crippen LogP contribution in [0.15, 0.2) is 49.2 Å². The number of nitrogens with one attached hydrogen (secondary N) is 2. The van der Waals surface area contributed by atoms with Gasteiger partial charge in [0.25, 0.3) is 11.8 Å². The van der Waals surface area contributed by atoms with Crippen LogP contribution in [0.2, 0.25) is 0 Å². The van der Waals surface area contributed by atoms with Crippen molar-refractivity contribution < 1.29 is 24.2 Å². The van der Waals surface area contributed by atoms with Crippen molar-refractivity contribution in [2.45, 2.75) is 51.0 Å². The molecule has 43 heavy (non-hydrogen) atoms. The molecule has 12 heteroatoms. The topological polar surface area (TPSA) is 161 Å². The fourth-order valence-electron chi connectivity index (χ4n) is 5.55. The van der Waals surface area contributed by atoms with Crippen LogP contribution in [0.4, 0.5) is 5.82 Å². The number of anilines is 1. The van der Waals surface area contributed by atoms with Gasteiger partial charge in [-0.3, -0.25) is 9.59 Å². The number of carbonyl (C=O) groups excluding carboxylic acids is 2. The van der Waals surface area contributed by atoms with Crippen molar-refractivity contribution >= 4 is 40.6 Å². The van der Waals surface area contributed by atoms with Crippen LogP contribution in [-0.4, -0.2) is 60.0 Å². The molecule has 3 aromatic heterocycles. The fourth-order valence-corrected chi connectivity index (χ4v) is 5.55. The van der Waals surface area contributed by atoms with E-state index in [0.717, 1.165) is 41.1 Å². The SMILES string of the molecule is COc1nc(NC(=O)C(C)(C)NC(=O)c2ccc3c(C4CCCC4)c(-c4cncnc4)n(C)c3c2)cnc1/C=C/C(=O)O. The molecule has 0 unspecified atom stereocenters.